The molecule has 0 aliphatic heterocycles. The Kier molecular flexibility index (Phi) is 4.15. The molecule has 1 aromatic carbocycles. The van der Waals surface area contributed by atoms with Crippen molar-refractivity contribution in [1.29, 1.82) is 0 Å². The fourth-order valence-corrected chi connectivity index (χ4v) is 1.96. The van der Waals surface area contributed by atoms with Gasteiger partial charge in [0.25, 0.3) is 5.91 Å². The maximum absolute atomic E-state index is 12.0. The number of pyridine rings is 1. The first-order valence-corrected chi connectivity index (χ1v) is 6.90. The van der Waals surface area contributed by atoms with Gasteiger partial charge in [-0.1, -0.05) is 18.2 Å². The van der Waals surface area contributed by atoms with Crippen molar-refractivity contribution in [2.45, 2.75) is 6.54 Å². The SMILES string of the molecule is O=C(NCc1ccco1)c1ccc(Nc2ccccc2)cn1. The van der Waals surface area contributed by atoms with Gasteiger partial charge in [-0.15, -0.1) is 0 Å². The molecule has 0 radical (unpaired) electrons. The van der Waals surface area contributed by atoms with Crippen molar-refractivity contribution in [3.8, 4) is 0 Å². The Bertz CT molecular complexity index is 722. The highest BCUT2D eigenvalue weighted by Gasteiger charge is 2.07. The number of para-hydroxylation sites is 1. The van der Waals surface area contributed by atoms with E-state index in [0.717, 1.165) is 11.4 Å². The van der Waals surface area contributed by atoms with Gasteiger partial charge < -0.3 is 15.1 Å². The second-order valence-corrected chi connectivity index (χ2v) is 4.69. The summed E-state index contributed by atoms with van der Waals surface area (Å²) in [5.74, 6) is 0.471. The standard InChI is InChI=1S/C17H15N3O2/c21-17(19-12-15-7-4-10-22-15)16-9-8-14(11-18-16)20-13-5-2-1-3-6-13/h1-11,20H,12H2,(H,19,21). The van der Waals surface area contributed by atoms with E-state index in [-0.39, 0.29) is 5.91 Å². The maximum Gasteiger partial charge on any atom is 0.270 e. The molecule has 2 aromatic heterocycles. The largest absolute Gasteiger partial charge is 0.467 e. The highest BCUT2D eigenvalue weighted by Crippen LogP contribution is 2.15. The molecule has 3 aromatic rings. The van der Waals surface area contributed by atoms with Crippen LogP contribution in [-0.4, -0.2) is 10.9 Å². The first-order valence-electron chi connectivity index (χ1n) is 6.90. The first kappa shape index (κ1) is 13.9. The van der Waals surface area contributed by atoms with Crippen LogP contribution in [0.2, 0.25) is 0 Å². The van der Waals surface area contributed by atoms with Crippen LogP contribution >= 0.6 is 0 Å². The second-order valence-electron chi connectivity index (χ2n) is 4.69. The number of hydrogen-bond donors (Lipinski definition) is 2. The van der Waals surface area contributed by atoms with Crippen LogP contribution in [0, 0.1) is 0 Å². The van der Waals surface area contributed by atoms with E-state index in [1.807, 2.05) is 36.4 Å². The van der Waals surface area contributed by atoms with Gasteiger partial charge in [0.15, 0.2) is 0 Å². The highest BCUT2D eigenvalue weighted by atomic mass is 16.3. The molecule has 5 heteroatoms. The van der Waals surface area contributed by atoms with Crippen LogP contribution in [-0.2, 0) is 6.54 Å². The van der Waals surface area contributed by atoms with Crippen LogP contribution in [0.25, 0.3) is 0 Å². The van der Waals surface area contributed by atoms with E-state index >= 15 is 0 Å². The lowest BCUT2D eigenvalue weighted by molar-refractivity contribution is 0.0943. The lowest BCUT2D eigenvalue weighted by Crippen LogP contribution is -2.23. The zero-order valence-corrected chi connectivity index (χ0v) is 11.8. The summed E-state index contributed by atoms with van der Waals surface area (Å²) in [5.41, 5.74) is 2.17. The number of furan rings is 1. The van der Waals surface area contributed by atoms with Gasteiger partial charge >= 0.3 is 0 Å². The van der Waals surface area contributed by atoms with Crippen molar-refractivity contribution in [1.82, 2.24) is 10.3 Å². The molecule has 22 heavy (non-hydrogen) atoms. The number of amides is 1. The predicted molar refractivity (Wildman–Crippen MR) is 83.8 cm³/mol. The third-order valence-corrected chi connectivity index (χ3v) is 3.06. The molecule has 0 bridgehead atoms. The molecular formula is C17H15N3O2. The van der Waals surface area contributed by atoms with Gasteiger partial charge in [-0.3, -0.25) is 4.79 Å². The molecule has 2 N–H and O–H groups in total. The third kappa shape index (κ3) is 3.52. The fourth-order valence-electron chi connectivity index (χ4n) is 1.96. The van der Waals surface area contributed by atoms with E-state index in [9.17, 15) is 4.79 Å². The van der Waals surface area contributed by atoms with Crippen molar-refractivity contribution < 1.29 is 9.21 Å². The van der Waals surface area contributed by atoms with Gasteiger partial charge in [-0.05, 0) is 36.4 Å². The Morgan fingerprint density at radius 2 is 1.86 bits per heavy atom. The van der Waals surface area contributed by atoms with Crippen molar-refractivity contribution in [3.63, 3.8) is 0 Å². The van der Waals surface area contributed by atoms with Crippen LogP contribution in [0.4, 0.5) is 11.4 Å². The normalized spacial score (nSPS) is 10.2. The summed E-state index contributed by atoms with van der Waals surface area (Å²) in [5, 5.41) is 5.97. The number of carbonyl (C=O) groups is 1. The van der Waals surface area contributed by atoms with Gasteiger partial charge in [0.2, 0.25) is 0 Å². The van der Waals surface area contributed by atoms with E-state index in [1.165, 1.54) is 0 Å². The van der Waals surface area contributed by atoms with Crippen LogP contribution in [0.15, 0.2) is 71.5 Å². The average Bonchev–Trinajstić information content (AvgIpc) is 3.08. The molecule has 0 saturated heterocycles. The minimum absolute atomic E-state index is 0.234. The van der Waals surface area contributed by atoms with Crippen LogP contribution in [0.5, 0.6) is 0 Å². The number of benzene rings is 1. The topological polar surface area (TPSA) is 67.2 Å². The molecule has 3 rings (SSSR count). The fraction of sp³-hybridized carbons (Fsp3) is 0.0588. The Hall–Kier alpha value is -3.08. The average molecular weight is 293 g/mol. The van der Waals surface area contributed by atoms with Crippen molar-refractivity contribution in [2.24, 2.45) is 0 Å². The van der Waals surface area contributed by atoms with Gasteiger partial charge in [0.05, 0.1) is 24.7 Å². The molecule has 0 aliphatic rings. The number of anilines is 2. The Morgan fingerprint density at radius 1 is 1.00 bits per heavy atom. The smallest absolute Gasteiger partial charge is 0.270 e. The quantitative estimate of drug-likeness (QED) is 0.757. The van der Waals surface area contributed by atoms with Crippen LogP contribution in [0.3, 0.4) is 0 Å². The zero-order chi connectivity index (χ0) is 15.2. The number of carbonyl (C=O) groups excluding carboxylic acids is 1. The summed E-state index contributed by atoms with van der Waals surface area (Å²) in [4.78, 5) is 16.1. The predicted octanol–water partition coefficient (Wildman–Crippen LogP) is 3.35. The van der Waals surface area contributed by atoms with E-state index in [4.69, 9.17) is 4.42 Å². The summed E-state index contributed by atoms with van der Waals surface area (Å²) in [6.07, 6.45) is 3.21. The molecule has 0 saturated carbocycles. The molecule has 0 spiro atoms. The van der Waals surface area contributed by atoms with Gasteiger partial charge in [0, 0.05) is 5.69 Å². The zero-order valence-electron chi connectivity index (χ0n) is 11.8. The third-order valence-electron chi connectivity index (χ3n) is 3.06. The molecule has 0 unspecified atom stereocenters. The molecule has 5 nitrogen and oxygen atoms in total. The lowest BCUT2D eigenvalue weighted by Gasteiger charge is -2.07. The number of rotatable bonds is 5. The summed E-state index contributed by atoms with van der Waals surface area (Å²) < 4.78 is 5.16. The molecule has 0 aliphatic carbocycles. The van der Waals surface area contributed by atoms with E-state index in [1.54, 1.807) is 30.7 Å². The summed E-state index contributed by atoms with van der Waals surface area (Å²) >= 11 is 0. The second kappa shape index (κ2) is 6.58. The number of hydrogen-bond acceptors (Lipinski definition) is 4. The summed E-state index contributed by atoms with van der Waals surface area (Å²) in [6.45, 7) is 0.345. The van der Waals surface area contributed by atoms with Gasteiger partial charge in [0.1, 0.15) is 11.5 Å². The van der Waals surface area contributed by atoms with Gasteiger partial charge in [-0.25, -0.2) is 4.98 Å². The van der Waals surface area contributed by atoms with Gasteiger partial charge in [-0.2, -0.15) is 0 Å². The highest BCUT2D eigenvalue weighted by molar-refractivity contribution is 5.92. The number of aromatic nitrogens is 1. The molecule has 0 fully saturated rings. The summed E-state index contributed by atoms with van der Waals surface area (Å²) in [6, 6.07) is 16.9. The summed E-state index contributed by atoms with van der Waals surface area (Å²) in [7, 11) is 0. The van der Waals surface area contributed by atoms with E-state index < -0.39 is 0 Å². The van der Waals surface area contributed by atoms with E-state index in [2.05, 4.69) is 15.6 Å². The molecular weight excluding hydrogens is 278 g/mol. The maximum atomic E-state index is 12.0. The Labute approximate surface area is 128 Å². The van der Waals surface area contributed by atoms with Crippen molar-refractivity contribution in [3.05, 3.63) is 78.5 Å². The first-order chi connectivity index (χ1) is 10.8. The molecule has 1 amide bonds. The Balaban J connectivity index is 1.60. The van der Waals surface area contributed by atoms with Crippen LogP contribution < -0.4 is 10.6 Å². The van der Waals surface area contributed by atoms with E-state index in [0.29, 0.717) is 18.0 Å². The minimum Gasteiger partial charge on any atom is -0.467 e. The monoisotopic (exact) mass is 293 g/mol. The Morgan fingerprint density at radius 3 is 2.55 bits per heavy atom. The number of nitrogens with one attached hydrogen (secondary N) is 2. The molecule has 110 valence electrons. The lowest BCUT2D eigenvalue weighted by atomic mass is 10.3. The molecule has 0 atom stereocenters. The van der Waals surface area contributed by atoms with Crippen molar-refractivity contribution in [2.75, 3.05) is 5.32 Å². The molecule has 2 heterocycles. The van der Waals surface area contributed by atoms with Crippen LogP contribution in [0.1, 0.15) is 16.2 Å². The van der Waals surface area contributed by atoms with Crippen molar-refractivity contribution >= 4 is 17.3 Å². The number of nitrogens with zero attached hydrogens (tertiary/aromatic N) is 1. The minimum atomic E-state index is -0.234.